The Bertz CT molecular complexity index is 787. The predicted octanol–water partition coefficient (Wildman–Crippen LogP) is 1.30. The van der Waals surface area contributed by atoms with E-state index in [1.165, 1.54) is 0 Å². The highest BCUT2D eigenvalue weighted by Gasteiger charge is 2.32. The van der Waals surface area contributed by atoms with Gasteiger partial charge in [0, 0.05) is 36.3 Å². The van der Waals surface area contributed by atoms with E-state index in [2.05, 4.69) is 15.3 Å². The standard InChI is InChI=1S/C15H17N3O3S2/c19-14(12-4-7-23(20,21)10-12)17-6-3-13-9-22-15(18-13)11-2-1-5-16-8-11/h1-2,5,8-9,12H,3-4,6-7,10H2,(H,17,19)/t12-/m0/s1. The first-order chi connectivity index (χ1) is 11.0. The number of carbonyl (C=O) groups excluding carboxylic acids is 1. The summed E-state index contributed by atoms with van der Waals surface area (Å²) in [5, 5.41) is 5.68. The molecule has 23 heavy (non-hydrogen) atoms. The van der Waals surface area contributed by atoms with E-state index in [9.17, 15) is 13.2 Å². The number of carbonyl (C=O) groups is 1. The average molecular weight is 351 g/mol. The Kier molecular flexibility index (Phi) is 4.72. The molecule has 1 fully saturated rings. The van der Waals surface area contributed by atoms with Gasteiger partial charge in [-0.15, -0.1) is 11.3 Å². The molecule has 0 bridgehead atoms. The van der Waals surface area contributed by atoms with Gasteiger partial charge < -0.3 is 5.32 Å². The van der Waals surface area contributed by atoms with Crippen LogP contribution in [-0.2, 0) is 21.1 Å². The van der Waals surface area contributed by atoms with Crippen LogP contribution in [0, 0.1) is 5.92 Å². The lowest BCUT2D eigenvalue weighted by atomic mass is 10.1. The molecule has 0 saturated carbocycles. The Morgan fingerprint density at radius 2 is 2.30 bits per heavy atom. The maximum absolute atomic E-state index is 11.9. The summed E-state index contributed by atoms with van der Waals surface area (Å²) < 4.78 is 22.8. The lowest BCUT2D eigenvalue weighted by Crippen LogP contribution is -2.32. The zero-order valence-corrected chi connectivity index (χ0v) is 14.1. The van der Waals surface area contributed by atoms with Gasteiger partial charge in [0.05, 0.1) is 23.1 Å². The highest BCUT2D eigenvalue weighted by molar-refractivity contribution is 7.91. The van der Waals surface area contributed by atoms with E-state index in [-0.39, 0.29) is 17.4 Å². The van der Waals surface area contributed by atoms with Crippen LogP contribution >= 0.6 is 11.3 Å². The van der Waals surface area contributed by atoms with Gasteiger partial charge in [-0.1, -0.05) is 0 Å². The molecule has 0 aliphatic carbocycles. The molecule has 6 nitrogen and oxygen atoms in total. The van der Waals surface area contributed by atoms with Gasteiger partial charge >= 0.3 is 0 Å². The van der Waals surface area contributed by atoms with Crippen molar-refractivity contribution in [3.63, 3.8) is 0 Å². The molecule has 1 atom stereocenters. The second-order valence-electron chi connectivity index (χ2n) is 5.53. The molecule has 2 aromatic heterocycles. The minimum atomic E-state index is -3.02. The number of aromatic nitrogens is 2. The van der Waals surface area contributed by atoms with Crippen molar-refractivity contribution in [2.75, 3.05) is 18.1 Å². The van der Waals surface area contributed by atoms with E-state index < -0.39 is 15.8 Å². The lowest BCUT2D eigenvalue weighted by molar-refractivity contribution is -0.124. The third kappa shape index (κ3) is 4.14. The summed E-state index contributed by atoms with van der Waals surface area (Å²) in [5.41, 5.74) is 1.89. The van der Waals surface area contributed by atoms with E-state index in [0.29, 0.717) is 19.4 Å². The molecule has 0 radical (unpaired) electrons. The third-order valence-electron chi connectivity index (χ3n) is 3.74. The van der Waals surface area contributed by atoms with E-state index in [0.717, 1.165) is 16.3 Å². The molecule has 2 aromatic rings. The molecule has 0 aromatic carbocycles. The summed E-state index contributed by atoms with van der Waals surface area (Å²) >= 11 is 1.54. The normalized spacial score (nSPS) is 19.6. The highest BCUT2D eigenvalue weighted by Crippen LogP contribution is 2.22. The van der Waals surface area contributed by atoms with Crippen LogP contribution in [0.5, 0.6) is 0 Å². The molecule has 8 heteroatoms. The van der Waals surface area contributed by atoms with Gasteiger partial charge in [-0.25, -0.2) is 13.4 Å². The van der Waals surface area contributed by atoms with Crippen molar-refractivity contribution in [3.8, 4) is 10.6 Å². The quantitative estimate of drug-likeness (QED) is 0.877. The number of amides is 1. The predicted molar refractivity (Wildman–Crippen MR) is 88.8 cm³/mol. The van der Waals surface area contributed by atoms with Crippen LogP contribution in [0.1, 0.15) is 12.1 Å². The molecule has 1 aliphatic heterocycles. The summed E-state index contributed by atoms with van der Waals surface area (Å²) in [4.78, 5) is 20.5. The molecular formula is C15H17N3O3S2. The summed E-state index contributed by atoms with van der Waals surface area (Å²) in [6.07, 6.45) is 4.54. The molecule has 122 valence electrons. The van der Waals surface area contributed by atoms with Crippen LogP contribution in [0.25, 0.3) is 10.6 Å². The summed E-state index contributed by atoms with van der Waals surface area (Å²) in [6, 6.07) is 3.82. The van der Waals surface area contributed by atoms with Crippen molar-refractivity contribution in [2.45, 2.75) is 12.8 Å². The second kappa shape index (κ2) is 6.76. The first-order valence-electron chi connectivity index (χ1n) is 7.36. The van der Waals surface area contributed by atoms with Crippen LogP contribution in [0.3, 0.4) is 0 Å². The fraction of sp³-hybridized carbons (Fsp3) is 0.400. The van der Waals surface area contributed by atoms with Crippen LogP contribution in [0.4, 0.5) is 0 Å². The van der Waals surface area contributed by atoms with Crippen molar-refractivity contribution in [2.24, 2.45) is 5.92 Å². The second-order valence-corrected chi connectivity index (χ2v) is 8.61. The van der Waals surface area contributed by atoms with E-state index in [1.54, 1.807) is 23.7 Å². The van der Waals surface area contributed by atoms with Gasteiger partial charge in [0.2, 0.25) is 5.91 Å². The largest absolute Gasteiger partial charge is 0.355 e. The molecule has 1 N–H and O–H groups in total. The Labute approximate surface area is 138 Å². The Morgan fingerprint density at radius 3 is 3.00 bits per heavy atom. The Morgan fingerprint density at radius 1 is 1.43 bits per heavy atom. The van der Waals surface area contributed by atoms with E-state index in [4.69, 9.17) is 0 Å². The molecule has 1 amide bonds. The van der Waals surface area contributed by atoms with Crippen LogP contribution in [0.2, 0.25) is 0 Å². The summed E-state index contributed by atoms with van der Waals surface area (Å²) in [7, 11) is -3.02. The molecular weight excluding hydrogens is 334 g/mol. The van der Waals surface area contributed by atoms with Crippen molar-refractivity contribution >= 4 is 27.1 Å². The number of sulfone groups is 1. The Hall–Kier alpha value is -1.80. The fourth-order valence-electron chi connectivity index (χ4n) is 2.50. The summed E-state index contributed by atoms with van der Waals surface area (Å²) in [6.45, 7) is 0.464. The fourth-order valence-corrected chi connectivity index (χ4v) is 5.09. The average Bonchev–Trinajstić information content (AvgIpc) is 3.14. The van der Waals surface area contributed by atoms with Gasteiger partial charge in [0.25, 0.3) is 0 Å². The maximum Gasteiger partial charge on any atom is 0.224 e. The zero-order valence-electron chi connectivity index (χ0n) is 12.4. The minimum Gasteiger partial charge on any atom is -0.355 e. The lowest BCUT2D eigenvalue weighted by Gasteiger charge is -2.08. The highest BCUT2D eigenvalue weighted by atomic mass is 32.2. The number of rotatable bonds is 5. The maximum atomic E-state index is 11.9. The van der Waals surface area contributed by atoms with Crippen molar-refractivity contribution < 1.29 is 13.2 Å². The molecule has 0 unspecified atom stereocenters. The SMILES string of the molecule is O=C(NCCc1csc(-c2cccnc2)n1)[C@H]1CCS(=O)(=O)C1. The monoisotopic (exact) mass is 351 g/mol. The molecule has 1 aliphatic rings. The number of hydrogen-bond donors (Lipinski definition) is 1. The number of thiazole rings is 1. The molecule has 3 heterocycles. The van der Waals surface area contributed by atoms with Gasteiger partial charge in [-0.2, -0.15) is 0 Å². The topological polar surface area (TPSA) is 89.0 Å². The number of hydrogen-bond acceptors (Lipinski definition) is 6. The van der Waals surface area contributed by atoms with Crippen molar-refractivity contribution in [1.29, 1.82) is 0 Å². The van der Waals surface area contributed by atoms with Gasteiger partial charge in [0.15, 0.2) is 9.84 Å². The first-order valence-corrected chi connectivity index (χ1v) is 10.1. The first kappa shape index (κ1) is 16.1. The van der Waals surface area contributed by atoms with Gasteiger partial charge in [-0.3, -0.25) is 9.78 Å². The van der Waals surface area contributed by atoms with Gasteiger partial charge in [0.1, 0.15) is 5.01 Å². The zero-order chi connectivity index (χ0) is 16.3. The van der Waals surface area contributed by atoms with E-state index >= 15 is 0 Å². The summed E-state index contributed by atoms with van der Waals surface area (Å²) in [5.74, 6) is -0.484. The van der Waals surface area contributed by atoms with Crippen LogP contribution in [-0.4, -0.2) is 42.3 Å². The van der Waals surface area contributed by atoms with Crippen LogP contribution < -0.4 is 5.32 Å². The van der Waals surface area contributed by atoms with Crippen molar-refractivity contribution in [1.82, 2.24) is 15.3 Å². The molecule has 1 saturated heterocycles. The Balaban J connectivity index is 1.50. The molecule has 3 rings (SSSR count). The van der Waals surface area contributed by atoms with E-state index in [1.807, 2.05) is 17.5 Å². The minimum absolute atomic E-state index is 0.0271. The number of nitrogens with one attached hydrogen (secondary N) is 1. The third-order valence-corrected chi connectivity index (χ3v) is 6.45. The molecule has 0 spiro atoms. The smallest absolute Gasteiger partial charge is 0.224 e. The van der Waals surface area contributed by atoms with Gasteiger partial charge in [-0.05, 0) is 18.6 Å². The number of nitrogens with zero attached hydrogens (tertiary/aromatic N) is 2. The van der Waals surface area contributed by atoms with Crippen molar-refractivity contribution in [3.05, 3.63) is 35.6 Å². The van der Waals surface area contributed by atoms with Crippen LogP contribution in [0.15, 0.2) is 29.9 Å². The number of pyridine rings is 1.